The minimum absolute atomic E-state index is 0.0115. The van der Waals surface area contributed by atoms with Gasteiger partial charge in [-0.05, 0) is 48.9 Å². The molecule has 0 fully saturated rings. The van der Waals surface area contributed by atoms with Crippen molar-refractivity contribution in [1.82, 2.24) is 0 Å². The number of hydrogen-bond donors (Lipinski definition) is 0. The van der Waals surface area contributed by atoms with E-state index in [4.69, 9.17) is 18.3 Å². The van der Waals surface area contributed by atoms with E-state index >= 15 is 0 Å². The molecule has 0 saturated carbocycles. The summed E-state index contributed by atoms with van der Waals surface area (Å²) in [6.07, 6.45) is 1.26. The zero-order valence-electron chi connectivity index (χ0n) is 15.3. The highest BCUT2D eigenvalue weighted by atomic mass is 16.5. The van der Waals surface area contributed by atoms with Crippen LogP contribution in [0, 0.1) is 6.92 Å². The van der Waals surface area contributed by atoms with Crippen LogP contribution in [0.25, 0.3) is 11.0 Å². The Morgan fingerprint density at radius 2 is 1.93 bits per heavy atom. The predicted molar refractivity (Wildman–Crippen MR) is 101 cm³/mol. The summed E-state index contributed by atoms with van der Waals surface area (Å²) < 4.78 is 21.8. The minimum Gasteiger partial charge on any atom is -0.542 e. The summed E-state index contributed by atoms with van der Waals surface area (Å²) in [4.78, 5) is 23.4. The van der Waals surface area contributed by atoms with E-state index in [-0.39, 0.29) is 23.5 Å². The zero-order chi connectivity index (χ0) is 20.4. The summed E-state index contributed by atoms with van der Waals surface area (Å²) in [5, 5.41) is 11.1. The molecule has 0 N–H and O–H groups in total. The van der Waals surface area contributed by atoms with Crippen molar-refractivity contribution in [1.29, 1.82) is 0 Å². The molecule has 0 saturated heterocycles. The topological polar surface area (TPSA) is 102 Å². The lowest BCUT2D eigenvalue weighted by molar-refractivity contribution is -0.257. The Morgan fingerprint density at radius 3 is 2.69 bits per heavy atom. The molecular weight excluding hydrogens is 376 g/mol. The van der Waals surface area contributed by atoms with E-state index in [1.165, 1.54) is 18.4 Å². The molecule has 0 aliphatic heterocycles. The third-order valence-electron chi connectivity index (χ3n) is 4.18. The van der Waals surface area contributed by atoms with Gasteiger partial charge in [0.1, 0.15) is 47.4 Å². The van der Waals surface area contributed by atoms with Gasteiger partial charge < -0.3 is 28.2 Å². The van der Waals surface area contributed by atoms with Crippen LogP contribution in [0.5, 0.6) is 17.2 Å². The first-order valence-electron chi connectivity index (χ1n) is 8.72. The highest BCUT2D eigenvalue weighted by molar-refractivity contribution is 5.82. The van der Waals surface area contributed by atoms with Crippen LogP contribution >= 0.6 is 0 Å². The normalized spacial score (nSPS) is 10.8. The summed E-state index contributed by atoms with van der Waals surface area (Å²) >= 11 is 0. The molecule has 2 aromatic heterocycles. The maximum atomic E-state index is 12.7. The quantitative estimate of drug-likeness (QED) is 0.496. The average molecular weight is 391 g/mol. The average Bonchev–Trinajstić information content (AvgIpc) is 3.18. The standard InChI is InChI=1S/C22H16O7/c1-13-3-2-4-15(9-13)28-20-12-27-19-10-14(5-7-17(19)21(20)23)26-11-16-6-8-18(29-16)22(24)25/h2-10,12H,11H2,1H3,(H,24,25)/p-1. The van der Waals surface area contributed by atoms with Crippen LogP contribution in [0.2, 0.25) is 0 Å². The Morgan fingerprint density at radius 1 is 1.07 bits per heavy atom. The van der Waals surface area contributed by atoms with Crippen LogP contribution < -0.4 is 20.0 Å². The van der Waals surface area contributed by atoms with Crippen molar-refractivity contribution in [3.8, 4) is 17.2 Å². The van der Waals surface area contributed by atoms with Crippen LogP contribution in [0.3, 0.4) is 0 Å². The van der Waals surface area contributed by atoms with Crippen LogP contribution in [-0.4, -0.2) is 5.97 Å². The van der Waals surface area contributed by atoms with Crippen molar-refractivity contribution in [3.05, 3.63) is 88.2 Å². The summed E-state index contributed by atoms with van der Waals surface area (Å²) in [6.45, 7) is 1.94. The minimum atomic E-state index is -1.40. The number of carbonyl (C=O) groups excluding carboxylic acids is 1. The van der Waals surface area contributed by atoms with Gasteiger partial charge in [0.2, 0.25) is 11.2 Å². The molecule has 2 heterocycles. The largest absolute Gasteiger partial charge is 0.542 e. The first-order valence-corrected chi connectivity index (χ1v) is 8.72. The Hall–Kier alpha value is -4.00. The lowest BCUT2D eigenvalue weighted by atomic mass is 10.2. The Labute approximate surface area is 164 Å². The van der Waals surface area contributed by atoms with Crippen molar-refractivity contribution in [2.24, 2.45) is 0 Å². The number of carboxylic acids is 1. The van der Waals surface area contributed by atoms with Crippen molar-refractivity contribution < 1.29 is 28.2 Å². The Bertz CT molecular complexity index is 1250. The van der Waals surface area contributed by atoms with E-state index in [1.807, 2.05) is 25.1 Å². The highest BCUT2D eigenvalue weighted by Crippen LogP contribution is 2.25. The molecule has 0 amide bonds. The number of furan rings is 1. The number of carboxylic acid groups (broad SMARTS) is 1. The van der Waals surface area contributed by atoms with E-state index in [0.29, 0.717) is 28.2 Å². The van der Waals surface area contributed by atoms with E-state index < -0.39 is 5.97 Å². The van der Waals surface area contributed by atoms with Gasteiger partial charge in [-0.15, -0.1) is 0 Å². The van der Waals surface area contributed by atoms with Gasteiger partial charge in [-0.2, -0.15) is 0 Å². The Kier molecular flexibility index (Phi) is 4.78. The number of hydrogen-bond acceptors (Lipinski definition) is 7. The van der Waals surface area contributed by atoms with Gasteiger partial charge in [-0.25, -0.2) is 0 Å². The van der Waals surface area contributed by atoms with E-state index in [9.17, 15) is 14.7 Å². The third kappa shape index (κ3) is 3.98. The number of fused-ring (bicyclic) bond motifs is 1. The highest BCUT2D eigenvalue weighted by Gasteiger charge is 2.11. The van der Waals surface area contributed by atoms with Gasteiger partial charge in [0.15, 0.2) is 0 Å². The molecule has 0 atom stereocenters. The van der Waals surface area contributed by atoms with Crippen molar-refractivity contribution in [2.45, 2.75) is 13.5 Å². The van der Waals surface area contributed by atoms with Crippen LogP contribution in [0.4, 0.5) is 0 Å². The molecule has 7 heteroatoms. The lowest BCUT2D eigenvalue weighted by Gasteiger charge is -2.08. The van der Waals surface area contributed by atoms with E-state index in [1.54, 1.807) is 24.3 Å². The zero-order valence-corrected chi connectivity index (χ0v) is 15.3. The number of carbonyl (C=O) groups is 1. The molecular formula is C22H15O7-. The van der Waals surface area contributed by atoms with Crippen LogP contribution in [0.15, 0.2) is 74.5 Å². The number of aryl methyl sites for hydroxylation is 1. The summed E-state index contributed by atoms with van der Waals surface area (Å²) in [5.74, 6) is -0.276. The summed E-state index contributed by atoms with van der Waals surface area (Å²) in [5.41, 5.74) is 1.04. The number of aromatic carboxylic acids is 1. The predicted octanol–water partition coefficient (Wildman–Crippen LogP) is 3.43. The van der Waals surface area contributed by atoms with E-state index in [2.05, 4.69) is 0 Å². The fourth-order valence-corrected chi connectivity index (χ4v) is 2.78. The molecule has 146 valence electrons. The monoisotopic (exact) mass is 391 g/mol. The Balaban J connectivity index is 1.53. The number of benzene rings is 2. The van der Waals surface area contributed by atoms with Gasteiger partial charge >= 0.3 is 0 Å². The SMILES string of the molecule is Cc1cccc(Oc2coc3cc(OCc4ccc(C(=O)[O-])o4)ccc3c2=O)c1. The van der Waals surface area contributed by atoms with Crippen molar-refractivity contribution in [2.75, 3.05) is 0 Å². The first kappa shape index (κ1) is 18.4. The second-order valence-corrected chi connectivity index (χ2v) is 6.35. The molecule has 4 aromatic rings. The molecule has 4 rings (SSSR count). The molecule has 29 heavy (non-hydrogen) atoms. The maximum Gasteiger partial charge on any atom is 0.235 e. The second-order valence-electron chi connectivity index (χ2n) is 6.35. The molecule has 0 unspecified atom stereocenters. The molecule has 0 aliphatic carbocycles. The van der Waals surface area contributed by atoms with Gasteiger partial charge in [0.25, 0.3) is 0 Å². The van der Waals surface area contributed by atoms with Gasteiger partial charge in [0, 0.05) is 6.07 Å². The fraction of sp³-hybridized carbons (Fsp3) is 0.0909. The molecule has 7 nitrogen and oxygen atoms in total. The first-order chi connectivity index (χ1) is 14.0. The molecule has 2 aromatic carbocycles. The van der Waals surface area contributed by atoms with E-state index in [0.717, 1.165) is 5.56 Å². The second kappa shape index (κ2) is 7.55. The number of rotatable bonds is 6. The van der Waals surface area contributed by atoms with Gasteiger partial charge in [-0.1, -0.05) is 12.1 Å². The summed E-state index contributed by atoms with van der Waals surface area (Å²) in [6, 6.07) is 14.9. The van der Waals surface area contributed by atoms with Crippen LogP contribution in [-0.2, 0) is 6.61 Å². The molecule has 0 radical (unpaired) electrons. The smallest absolute Gasteiger partial charge is 0.235 e. The molecule has 0 spiro atoms. The van der Waals surface area contributed by atoms with Crippen LogP contribution in [0.1, 0.15) is 21.9 Å². The van der Waals surface area contributed by atoms with Gasteiger partial charge in [-0.3, -0.25) is 4.79 Å². The number of ether oxygens (including phenoxy) is 2. The van der Waals surface area contributed by atoms with Crippen molar-refractivity contribution >= 4 is 16.9 Å². The third-order valence-corrected chi connectivity index (χ3v) is 4.18. The summed E-state index contributed by atoms with van der Waals surface area (Å²) in [7, 11) is 0. The lowest BCUT2D eigenvalue weighted by Crippen LogP contribution is -2.21. The fourth-order valence-electron chi connectivity index (χ4n) is 2.78. The molecule has 0 aliphatic rings. The van der Waals surface area contributed by atoms with Gasteiger partial charge in [0.05, 0.1) is 5.39 Å². The molecule has 0 bridgehead atoms. The maximum absolute atomic E-state index is 12.7. The van der Waals surface area contributed by atoms with Crippen molar-refractivity contribution in [3.63, 3.8) is 0 Å².